The lowest BCUT2D eigenvalue weighted by Crippen LogP contribution is -2.09. The number of thioether (sulfide) groups is 1. The Kier molecular flexibility index (Phi) is 8.14. The third-order valence-electron chi connectivity index (χ3n) is 4.57. The molecule has 0 bridgehead atoms. The first-order chi connectivity index (χ1) is 16.3. The van der Waals surface area contributed by atoms with Gasteiger partial charge in [0.1, 0.15) is 22.2 Å². The molecule has 0 saturated heterocycles. The van der Waals surface area contributed by atoms with Gasteiger partial charge < -0.3 is 29.0 Å². The van der Waals surface area contributed by atoms with Crippen molar-refractivity contribution in [3.8, 4) is 28.6 Å². The number of nitrogens with zero attached hydrogens (tertiary/aromatic N) is 3. The van der Waals surface area contributed by atoms with E-state index in [1.807, 2.05) is 6.92 Å². The molecule has 0 saturated carbocycles. The summed E-state index contributed by atoms with van der Waals surface area (Å²) >= 11 is 0.956. The van der Waals surface area contributed by atoms with Crippen molar-refractivity contribution in [1.82, 2.24) is 14.8 Å². The Bertz CT molecular complexity index is 1200. The molecule has 0 atom stereocenters. The molecule has 178 valence electrons. The third-order valence-corrected chi connectivity index (χ3v) is 5.57. The van der Waals surface area contributed by atoms with E-state index in [2.05, 4.69) is 10.2 Å². The van der Waals surface area contributed by atoms with Crippen LogP contribution in [0, 0.1) is 0 Å². The molecule has 11 heteroatoms. The summed E-state index contributed by atoms with van der Waals surface area (Å²) in [6.45, 7) is 1.91. The Hall–Kier alpha value is -3.99. The number of rotatable bonds is 11. The number of carboxylic acids is 2. The molecular weight excluding hydrogens is 462 g/mol. The summed E-state index contributed by atoms with van der Waals surface area (Å²) in [6.07, 6.45) is 1.46. The highest BCUT2D eigenvalue weighted by Gasteiger charge is 2.19. The van der Waals surface area contributed by atoms with E-state index in [0.29, 0.717) is 45.9 Å². The number of carboxylic acid groups (broad SMARTS) is 2. The van der Waals surface area contributed by atoms with E-state index in [1.54, 1.807) is 61.3 Å². The lowest BCUT2D eigenvalue weighted by atomic mass is 10.2. The van der Waals surface area contributed by atoms with Crippen LogP contribution in [-0.2, 0) is 16.1 Å². The highest BCUT2D eigenvalue weighted by molar-refractivity contribution is 8.04. The normalized spacial score (nSPS) is 11.2. The van der Waals surface area contributed by atoms with E-state index in [1.165, 1.54) is 6.08 Å². The molecule has 0 spiro atoms. The van der Waals surface area contributed by atoms with Crippen LogP contribution in [0.15, 0.2) is 52.5 Å². The molecular formula is C23H23N3O7S. The van der Waals surface area contributed by atoms with Gasteiger partial charge in [0.25, 0.3) is 0 Å². The average molecular weight is 486 g/mol. The quantitative estimate of drug-likeness (QED) is 0.306. The van der Waals surface area contributed by atoms with E-state index < -0.39 is 18.5 Å². The fourth-order valence-electron chi connectivity index (χ4n) is 3.02. The summed E-state index contributed by atoms with van der Waals surface area (Å²) in [5.74, 6) is -0.216. The highest BCUT2D eigenvalue weighted by atomic mass is 32.2. The minimum atomic E-state index is -1.14. The van der Waals surface area contributed by atoms with Crippen LogP contribution in [0.25, 0.3) is 17.5 Å². The number of carbonyl (C=O) groups is 2. The zero-order valence-corrected chi connectivity index (χ0v) is 19.5. The second-order valence-electron chi connectivity index (χ2n) is 6.82. The van der Waals surface area contributed by atoms with Crippen molar-refractivity contribution in [2.24, 2.45) is 0 Å². The predicted octanol–water partition coefficient (Wildman–Crippen LogP) is 3.66. The van der Waals surface area contributed by atoms with Crippen molar-refractivity contribution in [2.75, 3.05) is 20.8 Å². The van der Waals surface area contributed by atoms with Gasteiger partial charge in [-0.25, -0.2) is 9.59 Å². The Balaban J connectivity index is 1.93. The van der Waals surface area contributed by atoms with Crippen LogP contribution in [0.4, 0.5) is 0 Å². The van der Waals surface area contributed by atoms with E-state index >= 15 is 0 Å². The van der Waals surface area contributed by atoms with Gasteiger partial charge in [-0.2, -0.15) is 0 Å². The first kappa shape index (κ1) is 24.6. The van der Waals surface area contributed by atoms with Gasteiger partial charge in [-0.1, -0.05) is 12.1 Å². The summed E-state index contributed by atoms with van der Waals surface area (Å²) in [4.78, 5) is 22.7. The van der Waals surface area contributed by atoms with Crippen molar-refractivity contribution in [3.05, 3.63) is 52.9 Å². The van der Waals surface area contributed by atoms with Crippen molar-refractivity contribution >= 4 is 29.8 Å². The van der Waals surface area contributed by atoms with Gasteiger partial charge >= 0.3 is 11.9 Å². The summed E-state index contributed by atoms with van der Waals surface area (Å²) < 4.78 is 17.6. The lowest BCUT2D eigenvalue weighted by molar-refractivity contribution is -0.139. The monoisotopic (exact) mass is 485 g/mol. The molecule has 1 heterocycles. The minimum absolute atomic E-state index is 0.00672. The Morgan fingerprint density at radius 3 is 2.32 bits per heavy atom. The van der Waals surface area contributed by atoms with Crippen molar-refractivity contribution in [1.29, 1.82) is 0 Å². The molecule has 0 fully saturated rings. The van der Waals surface area contributed by atoms with Crippen molar-refractivity contribution in [2.45, 2.75) is 18.6 Å². The number of aliphatic carboxylic acids is 2. The Morgan fingerprint density at radius 2 is 1.74 bits per heavy atom. The smallest absolute Gasteiger partial charge is 0.342 e. The Labute approximate surface area is 199 Å². The second kappa shape index (κ2) is 11.2. The van der Waals surface area contributed by atoms with E-state index in [0.717, 1.165) is 11.8 Å². The number of methoxy groups -OCH3 is 2. The zero-order chi connectivity index (χ0) is 24.7. The van der Waals surface area contributed by atoms with E-state index in [9.17, 15) is 14.7 Å². The molecule has 2 aromatic carbocycles. The van der Waals surface area contributed by atoms with Gasteiger partial charge in [0.15, 0.2) is 17.6 Å². The maximum Gasteiger partial charge on any atom is 0.342 e. The molecule has 0 aliphatic rings. The Morgan fingerprint density at radius 1 is 1.03 bits per heavy atom. The van der Waals surface area contributed by atoms with Gasteiger partial charge in [-0.3, -0.25) is 0 Å². The predicted molar refractivity (Wildman–Crippen MR) is 125 cm³/mol. The van der Waals surface area contributed by atoms with Gasteiger partial charge in [0, 0.05) is 18.2 Å². The molecule has 0 radical (unpaired) electrons. The number of hydrogen-bond donors (Lipinski definition) is 2. The van der Waals surface area contributed by atoms with Gasteiger partial charge in [-0.05, 0) is 54.6 Å². The summed E-state index contributed by atoms with van der Waals surface area (Å²) in [6, 6.07) is 11.8. The lowest BCUT2D eigenvalue weighted by Gasteiger charge is -2.10. The molecule has 0 amide bonds. The maximum absolute atomic E-state index is 12.0. The topological polar surface area (TPSA) is 133 Å². The molecule has 3 aromatic rings. The average Bonchev–Trinajstić information content (AvgIpc) is 3.24. The minimum Gasteiger partial charge on any atom is -0.497 e. The molecule has 34 heavy (non-hydrogen) atoms. The first-order valence-corrected chi connectivity index (χ1v) is 10.9. The second-order valence-corrected chi connectivity index (χ2v) is 7.83. The van der Waals surface area contributed by atoms with Crippen LogP contribution < -0.4 is 14.2 Å². The SMILES string of the molecule is CCn1c(S/C(=C\c2cccc(OCC(=O)O)c2)C(=O)O)nnc1-c1cc(OC)cc(OC)c1. The largest absolute Gasteiger partial charge is 0.497 e. The van der Waals surface area contributed by atoms with E-state index in [4.69, 9.17) is 19.3 Å². The summed E-state index contributed by atoms with van der Waals surface area (Å²) in [5.41, 5.74) is 1.25. The third kappa shape index (κ3) is 6.07. The molecule has 0 aliphatic heterocycles. The van der Waals surface area contributed by atoms with Crippen LogP contribution in [0.3, 0.4) is 0 Å². The molecule has 1 aromatic heterocycles. The number of aromatic nitrogens is 3. The van der Waals surface area contributed by atoms with Crippen LogP contribution in [-0.4, -0.2) is 57.7 Å². The molecule has 3 rings (SSSR count). The number of ether oxygens (including phenoxy) is 3. The van der Waals surface area contributed by atoms with E-state index in [-0.39, 0.29) is 4.91 Å². The number of benzene rings is 2. The highest BCUT2D eigenvalue weighted by Crippen LogP contribution is 2.33. The van der Waals surface area contributed by atoms with Crippen LogP contribution in [0.2, 0.25) is 0 Å². The van der Waals surface area contributed by atoms with Crippen LogP contribution >= 0.6 is 11.8 Å². The van der Waals surface area contributed by atoms with Gasteiger partial charge in [0.05, 0.1) is 14.2 Å². The van der Waals surface area contributed by atoms with Crippen molar-refractivity contribution < 1.29 is 34.0 Å². The zero-order valence-electron chi connectivity index (χ0n) is 18.7. The number of hydrogen-bond acceptors (Lipinski definition) is 8. The molecule has 0 aliphatic carbocycles. The molecule has 0 unspecified atom stereocenters. The van der Waals surface area contributed by atoms with Gasteiger partial charge in [-0.15, -0.1) is 10.2 Å². The fraction of sp³-hybridized carbons (Fsp3) is 0.217. The first-order valence-electron chi connectivity index (χ1n) is 10.1. The van der Waals surface area contributed by atoms with Crippen LogP contribution in [0.1, 0.15) is 12.5 Å². The maximum atomic E-state index is 12.0. The molecule has 10 nitrogen and oxygen atoms in total. The fourth-order valence-corrected chi connectivity index (χ4v) is 3.91. The van der Waals surface area contributed by atoms with Gasteiger partial charge in [0.2, 0.25) is 0 Å². The van der Waals surface area contributed by atoms with Crippen LogP contribution in [0.5, 0.6) is 17.2 Å². The summed E-state index contributed by atoms with van der Waals surface area (Å²) in [5, 5.41) is 27.4. The summed E-state index contributed by atoms with van der Waals surface area (Å²) in [7, 11) is 3.10. The standard InChI is InChI=1S/C23H23N3O7S/c1-4-26-21(15-10-17(31-2)12-18(11-15)32-3)24-25-23(26)34-19(22(29)30)9-14-6-5-7-16(8-14)33-13-20(27)28/h5-12H,4,13H2,1-3H3,(H,27,28)(H,29,30)/b19-9-. The molecule has 2 N–H and O–H groups in total. The van der Waals surface area contributed by atoms with Crippen molar-refractivity contribution in [3.63, 3.8) is 0 Å².